The monoisotopic (exact) mass is 259 g/mol. The first-order chi connectivity index (χ1) is 9.08. The van der Waals surface area contributed by atoms with Crippen LogP contribution in [-0.4, -0.2) is 26.0 Å². The third-order valence-electron chi connectivity index (χ3n) is 3.17. The molecule has 0 spiro atoms. The predicted molar refractivity (Wildman–Crippen MR) is 75.0 cm³/mol. The van der Waals surface area contributed by atoms with Gasteiger partial charge >= 0.3 is 0 Å². The summed E-state index contributed by atoms with van der Waals surface area (Å²) in [5, 5.41) is 14.3. The van der Waals surface area contributed by atoms with Gasteiger partial charge in [-0.1, -0.05) is 29.3 Å². The van der Waals surface area contributed by atoms with E-state index in [2.05, 4.69) is 42.1 Å². The lowest BCUT2D eigenvalue weighted by Crippen LogP contribution is -2.17. The van der Waals surface area contributed by atoms with Crippen LogP contribution in [0.25, 0.3) is 0 Å². The van der Waals surface area contributed by atoms with E-state index in [0.717, 1.165) is 12.4 Å². The lowest BCUT2D eigenvalue weighted by molar-refractivity contribution is 0.171. The Morgan fingerprint density at radius 3 is 2.47 bits per heavy atom. The summed E-state index contributed by atoms with van der Waals surface area (Å²) in [5.41, 5.74) is 3.64. The molecule has 1 aromatic carbocycles. The molecule has 0 aliphatic heterocycles. The average Bonchev–Trinajstić information content (AvgIpc) is 2.74. The molecule has 1 heterocycles. The van der Waals surface area contributed by atoms with Gasteiger partial charge in [0.1, 0.15) is 12.2 Å². The molecule has 2 rings (SSSR count). The molecule has 2 aromatic rings. The van der Waals surface area contributed by atoms with Crippen molar-refractivity contribution in [2.75, 3.05) is 0 Å². The van der Waals surface area contributed by atoms with E-state index in [1.165, 1.54) is 16.7 Å². The molecule has 1 atom stereocenters. The van der Waals surface area contributed by atoms with Gasteiger partial charge in [0.2, 0.25) is 0 Å². The second kappa shape index (κ2) is 5.97. The van der Waals surface area contributed by atoms with Crippen molar-refractivity contribution in [2.24, 2.45) is 0 Å². The van der Waals surface area contributed by atoms with Gasteiger partial charge in [-0.2, -0.15) is 5.10 Å². The van der Waals surface area contributed by atoms with Crippen LogP contribution < -0.4 is 0 Å². The highest BCUT2D eigenvalue weighted by atomic mass is 16.3. The zero-order valence-electron chi connectivity index (χ0n) is 11.8. The Labute approximate surface area is 114 Å². The van der Waals surface area contributed by atoms with Crippen LogP contribution in [-0.2, 0) is 19.4 Å². The first-order valence-electron chi connectivity index (χ1n) is 6.70. The average molecular weight is 259 g/mol. The van der Waals surface area contributed by atoms with Gasteiger partial charge < -0.3 is 5.11 Å². The molecule has 0 radical (unpaired) electrons. The molecule has 4 heteroatoms. The summed E-state index contributed by atoms with van der Waals surface area (Å²) in [6, 6.07) is 6.39. The van der Waals surface area contributed by atoms with E-state index in [0.29, 0.717) is 12.8 Å². The summed E-state index contributed by atoms with van der Waals surface area (Å²) in [7, 11) is 0. The molecule has 102 valence electrons. The van der Waals surface area contributed by atoms with Crippen molar-refractivity contribution >= 4 is 0 Å². The molecule has 4 nitrogen and oxygen atoms in total. The Morgan fingerprint density at radius 1 is 1.16 bits per heavy atom. The molecule has 0 fully saturated rings. The molecular formula is C15H21N3O. The smallest absolute Gasteiger partial charge is 0.138 e. The van der Waals surface area contributed by atoms with Gasteiger partial charge in [-0.15, -0.1) is 0 Å². The summed E-state index contributed by atoms with van der Waals surface area (Å²) in [6.45, 7) is 6.97. The Hall–Kier alpha value is -1.68. The molecule has 0 amide bonds. The van der Waals surface area contributed by atoms with Crippen molar-refractivity contribution in [3.8, 4) is 0 Å². The standard InChI is InChI=1S/C15H21N3O/c1-4-18-15(16-10-17-18)9-14(19)8-13-6-11(2)5-12(3)7-13/h5-7,10,14,19H,4,8-9H2,1-3H3. The van der Waals surface area contributed by atoms with E-state index < -0.39 is 6.10 Å². The Kier molecular flexibility index (Phi) is 4.32. The fourth-order valence-corrected chi connectivity index (χ4v) is 2.45. The maximum absolute atomic E-state index is 10.2. The minimum Gasteiger partial charge on any atom is -0.392 e. The number of aliphatic hydroxyl groups excluding tert-OH is 1. The normalized spacial score (nSPS) is 12.6. The minimum absolute atomic E-state index is 0.421. The van der Waals surface area contributed by atoms with E-state index >= 15 is 0 Å². The van der Waals surface area contributed by atoms with E-state index in [-0.39, 0.29) is 0 Å². The highest BCUT2D eigenvalue weighted by Gasteiger charge is 2.11. The van der Waals surface area contributed by atoms with Gasteiger partial charge in [-0.25, -0.2) is 4.98 Å². The van der Waals surface area contributed by atoms with Gasteiger partial charge in [0.15, 0.2) is 0 Å². The van der Waals surface area contributed by atoms with Crippen molar-refractivity contribution < 1.29 is 5.11 Å². The fraction of sp³-hybridized carbons (Fsp3) is 0.467. The SMILES string of the molecule is CCn1ncnc1CC(O)Cc1cc(C)cc(C)c1. The first kappa shape index (κ1) is 13.7. The lowest BCUT2D eigenvalue weighted by atomic mass is 10.0. The second-order valence-electron chi connectivity index (χ2n) is 5.05. The number of aliphatic hydroxyl groups is 1. The summed E-state index contributed by atoms with van der Waals surface area (Å²) in [5.74, 6) is 0.847. The Morgan fingerprint density at radius 2 is 1.84 bits per heavy atom. The number of hydrogen-bond acceptors (Lipinski definition) is 3. The second-order valence-corrected chi connectivity index (χ2v) is 5.05. The molecule has 1 aromatic heterocycles. The van der Waals surface area contributed by atoms with Crippen molar-refractivity contribution in [1.29, 1.82) is 0 Å². The predicted octanol–water partition coefficient (Wildman–Crippen LogP) is 2.06. The Balaban J connectivity index is 2.03. The zero-order chi connectivity index (χ0) is 13.8. The van der Waals surface area contributed by atoms with Gasteiger partial charge in [-0.3, -0.25) is 4.68 Å². The molecule has 0 saturated carbocycles. The third kappa shape index (κ3) is 3.64. The van der Waals surface area contributed by atoms with Crippen LogP contribution in [0.3, 0.4) is 0 Å². The number of aryl methyl sites for hydroxylation is 3. The van der Waals surface area contributed by atoms with Crippen LogP contribution in [0, 0.1) is 13.8 Å². The summed E-state index contributed by atoms with van der Waals surface area (Å²) >= 11 is 0. The number of nitrogens with zero attached hydrogens (tertiary/aromatic N) is 3. The molecule has 0 saturated heterocycles. The molecule has 1 unspecified atom stereocenters. The largest absolute Gasteiger partial charge is 0.392 e. The van der Waals surface area contributed by atoms with Crippen LogP contribution >= 0.6 is 0 Å². The van der Waals surface area contributed by atoms with E-state index in [1.807, 2.05) is 11.6 Å². The van der Waals surface area contributed by atoms with Crippen molar-refractivity contribution in [1.82, 2.24) is 14.8 Å². The quantitative estimate of drug-likeness (QED) is 0.894. The van der Waals surface area contributed by atoms with Gasteiger partial charge in [-0.05, 0) is 32.8 Å². The first-order valence-corrected chi connectivity index (χ1v) is 6.70. The number of hydrogen-bond donors (Lipinski definition) is 1. The van der Waals surface area contributed by atoms with E-state index in [1.54, 1.807) is 6.33 Å². The van der Waals surface area contributed by atoms with Crippen LogP contribution in [0.2, 0.25) is 0 Å². The minimum atomic E-state index is -0.421. The topological polar surface area (TPSA) is 50.9 Å². The van der Waals surface area contributed by atoms with Gasteiger partial charge in [0.05, 0.1) is 6.10 Å². The van der Waals surface area contributed by atoms with Crippen molar-refractivity contribution in [2.45, 2.75) is 46.3 Å². The van der Waals surface area contributed by atoms with E-state index in [9.17, 15) is 5.11 Å². The van der Waals surface area contributed by atoms with Crippen LogP contribution in [0.1, 0.15) is 29.4 Å². The zero-order valence-corrected chi connectivity index (χ0v) is 11.8. The number of rotatable bonds is 5. The van der Waals surface area contributed by atoms with Gasteiger partial charge in [0.25, 0.3) is 0 Å². The van der Waals surface area contributed by atoms with Crippen LogP contribution in [0.4, 0.5) is 0 Å². The summed E-state index contributed by atoms with van der Waals surface area (Å²) < 4.78 is 1.82. The maximum atomic E-state index is 10.2. The molecule has 0 aliphatic rings. The third-order valence-corrected chi connectivity index (χ3v) is 3.17. The molecule has 19 heavy (non-hydrogen) atoms. The summed E-state index contributed by atoms with van der Waals surface area (Å²) in [4.78, 5) is 4.20. The van der Waals surface area contributed by atoms with E-state index in [4.69, 9.17) is 0 Å². The lowest BCUT2D eigenvalue weighted by Gasteiger charge is -2.12. The van der Waals surface area contributed by atoms with Crippen molar-refractivity contribution in [3.63, 3.8) is 0 Å². The van der Waals surface area contributed by atoms with Crippen molar-refractivity contribution in [3.05, 3.63) is 47.0 Å². The summed E-state index contributed by atoms with van der Waals surface area (Å²) in [6.07, 6.45) is 2.32. The van der Waals surface area contributed by atoms with Gasteiger partial charge in [0, 0.05) is 13.0 Å². The highest BCUT2D eigenvalue weighted by molar-refractivity contribution is 5.29. The maximum Gasteiger partial charge on any atom is 0.138 e. The molecular weight excluding hydrogens is 238 g/mol. The van der Waals surface area contributed by atoms with Crippen LogP contribution in [0.5, 0.6) is 0 Å². The molecule has 0 bridgehead atoms. The Bertz CT molecular complexity index is 528. The fourth-order valence-electron chi connectivity index (χ4n) is 2.45. The molecule has 0 aliphatic carbocycles. The van der Waals surface area contributed by atoms with Crippen LogP contribution in [0.15, 0.2) is 24.5 Å². The number of benzene rings is 1. The highest BCUT2D eigenvalue weighted by Crippen LogP contribution is 2.12. The number of aromatic nitrogens is 3. The molecule has 1 N–H and O–H groups in total.